The van der Waals surface area contributed by atoms with Gasteiger partial charge in [0.15, 0.2) is 17.2 Å². The summed E-state index contributed by atoms with van der Waals surface area (Å²) >= 11 is 0. The minimum atomic E-state index is -0.209. The van der Waals surface area contributed by atoms with Crippen LogP contribution in [0.2, 0.25) is 0 Å². The predicted molar refractivity (Wildman–Crippen MR) is 148 cm³/mol. The highest BCUT2D eigenvalue weighted by Crippen LogP contribution is 2.31. The molecule has 0 bridgehead atoms. The van der Waals surface area contributed by atoms with Crippen molar-refractivity contribution >= 4 is 33.8 Å². The Bertz CT molecular complexity index is 1960. The van der Waals surface area contributed by atoms with Crippen molar-refractivity contribution in [1.29, 1.82) is 0 Å². The van der Waals surface area contributed by atoms with E-state index in [1.807, 2.05) is 54.6 Å². The summed E-state index contributed by atoms with van der Waals surface area (Å²) in [6.45, 7) is 0. The van der Waals surface area contributed by atoms with Gasteiger partial charge in [-0.2, -0.15) is 5.10 Å². The lowest BCUT2D eigenvalue weighted by atomic mass is 10.1. The lowest BCUT2D eigenvalue weighted by molar-refractivity contribution is 0.102. The van der Waals surface area contributed by atoms with E-state index in [2.05, 4.69) is 35.5 Å². The molecule has 0 spiro atoms. The Hall–Kier alpha value is -5.77. The van der Waals surface area contributed by atoms with Gasteiger partial charge in [-0.1, -0.05) is 24.3 Å². The highest BCUT2D eigenvalue weighted by atomic mass is 16.1. The molecule has 0 saturated heterocycles. The minimum Gasteiger partial charge on any atom is -0.321 e. The molecule has 0 fully saturated rings. The van der Waals surface area contributed by atoms with E-state index in [-0.39, 0.29) is 5.91 Å². The van der Waals surface area contributed by atoms with Crippen molar-refractivity contribution in [3.8, 4) is 33.9 Å². The van der Waals surface area contributed by atoms with E-state index >= 15 is 0 Å². The Morgan fingerprint density at radius 1 is 0.795 bits per heavy atom. The number of nitrogens with zero attached hydrogens (tertiary/aromatic N) is 6. The van der Waals surface area contributed by atoms with Crippen LogP contribution in [0.3, 0.4) is 0 Å². The standard InChI is InChI=1S/C29H19N9O/c39-29(17-5-2-1-3-6-17)33-20-13-19(15-31-16-20)22-8-9-23-25(34-22)26(38-37-23)28-35-24-21(10-12-32-27(24)36-28)18-7-4-11-30-14-18/h1-16H,(H,33,39)(H,37,38)(H,32,35,36). The fraction of sp³-hybridized carbons (Fsp3) is 0. The third-order valence-electron chi connectivity index (χ3n) is 6.32. The number of carbonyl (C=O) groups excluding carboxylic acids is 1. The number of aromatic nitrogens is 8. The van der Waals surface area contributed by atoms with Crippen molar-refractivity contribution < 1.29 is 4.79 Å². The van der Waals surface area contributed by atoms with E-state index in [1.54, 1.807) is 43.1 Å². The molecule has 0 radical (unpaired) electrons. The van der Waals surface area contributed by atoms with Gasteiger partial charge in [0.25, 0.3) is 5.91 Å². The van der Waals surface area contributed by atoms with Crippen LogP contribution in [0.1, 0.15) is 10.4 Å². The second-order valence-corrected chi connectivity index (χ2v) is 8.83. The fourth-order valence-corrected chi connectivity index (χ4v) is 4.44. The quantitative estimate of drug-likeness (QED) is 0.287. The van der Waals surface area contributed by atoms with E-state index in [4.69, 9.17) is 9.97 Å². The van der Waals surface area contributed by atoms with Gasteiger partial charge in [-0.25, -0.2) is 15.0 Å². The number of nitrogens with one attached hydrogen (secondary N) is 3. The molecule has 0 aliphatic heterocycles. The molecule has 0 aliphatic carbocycles. The second kappa shape index (κ2) is 9.27. The van der Waals surface area contributed by atoms with Crippen LogP contribution in [0.5, 0.6) is 0 Å². The van der Waals surface area contributed by atoms with Crippen molar-refractivity contribution in [2.75, 3.05) is 5.32 Å². The van der Waals surface area contributed by atoms with Crippen molar-refractivity contribution in [3.05, 3.63) is 103 Å². The van der Waals surface area contributed by atoms with Gasteiger partial charge in [0.05, 0.1) is 23.1 Å². The molecule has 0 aliphatic rings. The van der Waals surface area contributed by atoms with Gasteiger partial charge in [0, 0.05) is 47.0 Å². The number of rotatable bonds is 5. The maximum absolute atomic E-state index is 12.6. The Kier molecular flexibility index (Phi) is 5.33. The van der Waals surface area contributed by atoms with Crippen LogP contribution in [0.4, 0.5) is 5.69 Å². The van der Waals surface area contributed by atoms with E-state index in [9.17, 15) is 4.79 Å². The Morgan fingerprint density at radius 2 is 1.69 bits per heavy atom. The Labute approximate surface area is 221 Å². The van der Waals surface area contributed by atoms with Crippen LogP contribution in [-0.2, 0) is 0 Å². The molecule has 7 aromatic rings. The SMILES string of the molecule is O=C(Nc1cncc(-c2ccc3[nH]nc(-c4nc5c(-c6cccnc6)ccnc5[nH]4)c3n2)c1)c1ccccc1. The van der Waals surface area contributed by atoms with Gasteiger partial charge in [-0.05, 0) is 42.5 Å². The number of pyridine rings is 4. The topological polar surface area (TPSA) is 138 Å². The highest BCUT2D eigenvalue weighted by Gasteiger charge is 2.18. The van der Waals surface area contributed by atoms with Crippen LogP contribution in [0.15, 0.2) is 97.7 Å². The van der Waals surface area contributed by atoms with Gasteiger partial charge < -0.3 is 10.3 Å². The van der Waals surface area contributed by atoms with Gasteiger partial charge in [-0.3, -0.25) is 19.9 Å². The molecule has 186 valence electrons. The van der Waals surface area contributed by atoms with Gasteiger partial charge >= 0.3 is 0 Å². The van der Waals surface area contributed by atoms with Gasteiger partial charge in [0.2, 0.25) is 0 Å². The zero-order valence-electron chi connectivity index (χ0n) is 20.3. The molecule has 10 heteroatoms. The lowest BCUT2D eigenvalue weighted by Crippen LogP contribution is -2.11. The van der Waals surface area contributed by atoms with Crippen molar-refractivity contribution in [1.82, 2.24) is 40.1 Å². The number of carbonyl (C=O) groups is 1. The number of H-pyrrole nitrogens is 2. The number of aromatic amines is 2. The van der Waals surface area contributed by atoms with Crippen LogP contribution in [-0.4, -0.2) is 46.0 Å². The highest BCUT2D eigenvalue weighted by molar-refractivity contribution is 6.04. The van der Waals surface area contributed by atoms with Crippen LogP contribution >= 0.6 is 0 Å². The number of benzene rings is 1. The van der Waals surface area contributed by atoms with E-state index in [0.717, 1.165) is 27.7 Å². The molecule has 0 saturated carbocycles. The van der Waals surface area contributed by atoms with Crippen LogP contribution < -0.4 is 5.32 Å². The summed E-state index contributed by atoms with van der Waals surface area (Å²) in [6.07, 6.45) is 8.58. The Balaban J connectivity index is 1.25. The number of amides is 1. The van der Waals surface area contributed by atoms with Crippen LogP contribution in [0, 0.1) is 0 Å². The third-order valence-corrected chi connectivity index (χ3v) is 6.32. The largest absolute Gasteiger partial charge is 0.321 e. The fourth-order valence-electron chi connectivity index (χ4n) is 4.44. The second-order valence-electron chi connectivity index (χ2n) is 8.83. The van der Waals surface area contributed by atoms with Crippen molar-refractivity contribution in [3.63, 3.8) is 0 Å². The first-order chi connectivity index (χ1) is 19.2. The molecule has 3 N–H and O–H groups in total. The first-order valence-electron chi connectivity index (χ1n) is 12.2. The summed E-state index contributed by atoms with van der Waals surface area (Å²) in [4.78, 5) is 38.6. The maximum Gasteiger partial charge on any atom is 0.255 e. The van der Waals surface area contributed by atoms with Gasteiger partial charge in [-0.15, -0.1) is 0 Å². The molecular formula is C29H19N9O. The number of hydrogen-bond donors (Lipinski definition) is 3. The summed E-state index contributed by atoms with van der Waals surface area (Å²) in [5.74, 6) is 0.339. The van der Waals surface area contributed by atoms with Crippen LogP contribution in [0.25, 0.3) is 56.1 Å². The average molecular weight is 510 g/mol. The zero-order chi connectivity index (χ0) is 26.2. The Morgan fingerprint density at radius 3 is 2.56 bits per heavy atom. The first-order valence-corrected chi connectivity index (χ1v) is 12.2. The molecule has 0 unspecified atom stereocenters. The molecule has 6 heterocycles. The molecular weight excluding hydrogens is 490 g/mol. The first kappa shape index (κ1) is 22.4. The van der Waals surface area contributed by atoms with E-state index in [1.165, 1.54) is 0 Å². The number of imidazole rings is 1. The zero-order valence-corrected chi connectivity index (χ0v) is 20.3. The molecule has 1 aromatic carbocycles. The number of anilines is 1. The predicted octanol–water partition coefficient (Wildman–Crippen LogP) is 5.27. The summed E-state index contributed by atoms with van der Waals surface area (Å²) in [5.41, 5.74) is 7.78. The van der Waals surface area contributed by atoms with Crippen molar-refractivity contribution in [2.24, 2.45) is 0 Å². The molecule has 1 amide bonds. The molecule has 10 nitrogen and oxygen atoms in total. The van der Waals surface area contributed by atoms with Gasteiger partial charge in [0.1, 0.15) is 11.0 Å². The van der Waals surface area contributed by atoms with Crippen molar-refractivity contribution in [2.45, 2.75) is 0 Å². The smallest absolute Gasteiger partial charge is 0.255 e. The third kappa shape index (κ3) is 4.15. The van der Waals surface area contributed by atoms with E-state index in [0.29, 0.717) is 39.6 Å². The molecule has 7 rings (SSSR count). The lowest BCUT2D eigenvalue weighted by Gasteiger charge is -2.07. The summed E-state index contributed by atoms with van der Waals surface area (Å²) in [6, 6.07) is 20.4. The molecule has 39 heavy (non-hydrogen) atoms. The summed E-state index contributed by atoms with van der Waals surface area (Å²) in [7, 11) is 0. The number of hydrogen-bond acceptors (Lipinski definition) is 7. The normalized spacial score (nSPS) is 11.2. The minimum absolute atomic E-state index is 0.209. The number of fused-ring (bicyclic) bond motifs is 2. The maximum atomic E-state index is 12.6. The monoisotopic (exact) mass is 509 g/mol. The average Bonchev–Trinajstić information content (AvgIpc) is 3.62. The molecule has 6 aromatic heterocycles. The molecule has 0 atom stereocenters. The summed E-state index contributed by atoms with van der Waals surface area (Å²) in [5, 5.41) is 10.4. The summed E-state index contributed by atoms with van der Waals surface area (Å²) < 4.78 is 0. The van der Waals surface area contributed by atoms with E-state index < -0.39 is 0 Å².